The number of anilines is 1. The number of likely N-dealkylation sites (tertiary alicyclic amines) is 1. The zero-order chi connectivity index (χ0) is 23.9. The minimum absolute atomic E-state index is 0.0810. The molecule has 1 aliphatic carbocycles. The maximum atomic E-state index is 13.0. The van der Waals surface area contributed by atoms with E-state index in [2.05, 4.69) is 20.3 Å². The van der Waals surface area contributed by atoms with Crippen LogP contribution in [0.1, 0.15) is 47.3 Å². The van der Waals surface area contributed by atoms with E-state index in [0.717, 1.165) is 22.3 Å². The second-order valence-corrected chi connectivity index (χ2v) is 8.55. The lowest BCUT2D eigenvalue weighted by Gasteiger charge is -2.30. The fourth-order valence-electron chi connectivity index (χ4n) is 4.78. The molecule has 2 heterocycles. The van der Waals surface area contributed by atoms with Gasteiger partial charge in [-0.2, -0.15) is 0 Å². The summed E-state index contributed by atoms with van der Waals surface area (Å²) in [5.74, 6) is -2.14. The van der Waals surface area contributed by atoms with Crippen LogP contribution in [-0.4, -0.2) is 57.0 Å². The number of hydrogen-bond donors (Lipinski definition) is 2. The van der Waals surface area contributed by atoms with Crippen LogP contribution in [0.25, 0.3) is 11.1 Å². The van der Waals surface area contributed by atoms with Crippen LogP contribution < -0.4 is 5.32 Å². The number of carbonyl (C=O) groups excluding carboxylic acids is 2. The van der Waals surface area contributed by atoms with Crippen LogP contribution in [-0.2, 0) is 9.53 Å². The van der Waals surface area contributed by atoms with Crippen molar-refractivity contribution >= 4 is 23.8 Å². The molecule has 0 unspecified atom stereocenters. The molecular weight excluding hydrogens is 440 g/mol. The van der Waals surface area contributed by atoms with Crippen molar-refractivity contribution in [3.8, 4) is 11.1 Å². The molecule has 1 fully saturated rings. The number of benzene rings is 2. The SMILES string of the molecule is C[C@]1(C(=O)O)CCCN1C(=O)c1nonc1NC(=O)OCC1c2ccccc2-c2ccccc21. The van der Waals surface area contributed by atoms with Gasteiger partial charge < -0.3 is 14.7 Å². The molecule has 1 aliphatic heterocycles. The topological polar surface area (TPSA) is 135 Å². The zero-order valence-corrected chi connectivity index (χ0v) is 18.4. The maximum absolute atomic E-state index is 13.0. The third-order valence-electron chi connectivity index (χ3n) is 6.60. The Balaban J connectivity index is 1.29. The Morgan fingerprint density at radius 3 is 2.41 bits per heavy atom. The Labute approximate surface area is 194 Å². The van der Waals surface area contributed by atoms with E-state index >= 15 is 0 Å². The Morgan fingerprint density at radius 1 is 1.12 bits per heavy atom. The number of aromatic nitrogens is 2. The minimum Gasteiger partial charge on any atom is -0.480 e. The lowest BCUT2D eigenvalue weighted by atomic mass is 9.98. The third-order valence-corrected chi connectivity index (χ3v) is 6.60. The van der Waals surface area contributed by atoms with Gasteiger partial charge in [0, 0.05) is 12.5 Å². The summed E-state index contributed by atoms with van der Waals surface area (Å²) < 4.78 is 10.1. The van der Waals surface area contributed by atoms with Gasteiger partial charge in [-0.15, -0.1) is 0 Å². The van der Waals surface area contributed by atoms with E-state index in [0.29, 0.717) is 12.8 Å². The fourth-order valence-corrected chi connectivity index (χ4v) is 4.78. The Morgan fingerprint density at radius 2 is 1.76 bits per heavy atom. The van der Waals surface area contributed by atoms with Crippen molar-refractivity contribution in [1.29, 1.82) is 0 Å². The second kappa shape index (κ2) is 8.29. The molecule has 0 spiro atoms. The van der Waals surface area contributed by atoms with E-state index in [4.69, 9.17) is 4.74 Å². The summed E-state index contributed by atoms with van der Waals surface area (Å²) in [5.41, 5.74) is 2.70. The lowest BCUT2D eigenvalue weighted by Crippen LogP contribution is -2.51. The maximum Gasteiger partial charge on any atom is 0.412 e. The van der Waals surface area contributed by atoms with Crippen molar-refractivity contribution < 1.29 is 28.9 Å². The van der Waals surface area contributed by atoms with Crippen LogP contribution in [0.15, 0.2) is 53.2 Å². The predicted molar refractivity (Wildman–Crippen MR) is 119 cm³/mol. The van der Waals surface area contributed by atoms with Crippen LogP contribution in [0.2, 0.25) is 0 Å². The number of carbonyl (C=O) groups is 3. The van der Waals surface area contributed by atoms with Crippen molar-refractivity contribution in [1.82, 2.24) is 15.2 Å². The van der Waals surface area contributed by atoms with Crippen LogP contribution >= 0.6 is 0 Å². The van der Waals surface area contributed by atoms with Gasteiger partial charge in [-0.1, -0.05) is 48.5 Å². The molecule has 5 rings (SSSR count). The van der Waals surface area contributed by atoms with Gasteiger partial charge in [0.1, 0.15) is 12.1 Å². The van der Waals surface area contributed by atoms with E-state index < -0.39 is 23.5 Å². The number of rotatable bonds is 5. The molecule has 1 saturated heterocycles. The number of carboxylic acids is 1. The van der Waals surface area contributed by atoms with Gasteiger partial charge in [0.2, 0.25) is 11.5 Å². The molecule has 1 atom stereocenters. The van der Waals surface area contributed by atoms with Gasteiger partial charge >= 0.3 is 12.1 Å². The average Bonchev–Trinajstić information content (AvgIpc) is 3.54. The first-order valence-electron chi connectivity index (χ1n) is 10.9. The highest BCUT2D eigenvalue weighted by atomic mass is 16.6. The molecule has 2 amide bonds. The minimum atomic E-state index is -1.36. The predicted octanol–water partition coefficient (Wildman–Crippen LogP) is 3.51. The summed E-state index contributed by atoms with van der Waals surface area (Å²) in [4.78, 5) is 38.5. The first kappa shape index (κ1) is 21.6. The van der Waals surface area contributed by atoms with E-state index in [9.17, 15) is 19.5 Å². The average molecular weight is 462 g/mol. The van der Waals surface area contributed by atoms with Crippen LogP contribution in [0.5, 0.6) is 0 Å². The van der Waals surface area contributed by atoms with Crippen molar-refractivity contribution in [2.24, 2.45) is 0 Å². The van der Waals surface area contributed by atoms with Crippen LogP contribution in [0, 0.1) is 0 Å². The van der Waals surface area contributed by atoms with E-state index in [1.807, 2.05) is 48.5 Å². The van der Waals surface area contributed by atoms with Gasteiger partial charge in [0.25, 0.3) is 5.91 Å². The number of amides is 2. The second-order valence-electron chi connectivity index (χ2n) is 8.55. The summed E-state index contributed by atoms with van der Waals surface area (Å²) in [5, 5.41) is 19.2. The van der Waals surface area contributed by atoms with Crippen molar-refractivity contribution in [2.45, 2.75) is 31.2 Å². The van der Waals surface area contributed by atoms with Gasteiger partial charge in [-0.05, 0) is 52.3 Å². The highest BCUT2D eigenvalue weighted by molar-refractivity contribution is 6.02. The molecule has 2 aliphatic rings. The van der Waals surface area contributed by atoms with Crippen molar-refractivity contribution in [3.63, 3.8) is 0 Å². The number of ether oxygens (including phenoxy) is 1. The monoisotopic (exact) mass is 462 g/mol. The first-order chi connectivity index (χ1) is 16.4. The summed E-state index contributed by atoms with van der Waals surface area (Å²) in [6.07, 6.45) is 0.0257. The highest BCUT2D eigenvalue weighted by Crippen LogP contribution is 2.44. The summed E-state index contributed by atoms with van der Waals surface area (Å²) in [6.45, 7) is 1.81. The number of carboxylic acid groups (broad SMARTS) is 1. The standard InChI is InChI=1S/C24H22N4O6/c1-24(22(30)31)11-6-12-28(24)21(29)19-20(27-34-26-19)25-23(32)33-13-18-16-9-4-2-7-14(16)15-8-3-5-10-17(15)18/h2-5,7-10,18H,6,11-13H2,1H3,(H,30,31)(H,25,27,32)/t24-/m1/s1. The zero-order valence-electron chi connectivity index (χ0n) is 18.4. The molecule has 10 nitrogen and oxygen atoms in total. The quantitative estimate of drug-likeness (QED) is 0.588. The highest BCUT2D eigenvalue weighted by Gasteiger charge is 2.47. The molecule has 174 valence electrons. The summed E-state index contributed by atoms with van der Waals surface area (Å²) >= 11 is 0. The summed E-state index contributed by atoms with van der Waals surface area (Å²) in [6, 6.07) is 15.9. The molecule has 2 aromatic carbocycles. The Kier molecular flexibility index (Phi) is 5.27. The molecule has 2 N–H and O–H groups in total. The molecule has 3 aromatic rings. The molecule has 1 aromatic heterocycles. The molecule has 10 heteroatoms. The van der Waals surface area contributed by atoms with E-state index in [1.165, 1.54) is 11.8 Å². The van der Waals surface area contributed by atoms with Gasteiger partial charge in [0.05, 0.1) is 0 Å². The van der Waals surface area contributed by atoms with Gasteiger partial charge in [-0.25, -0.2) is 14.2 Å². The normalized spacial score (nSPS) is 18.9. The van der Waals surface area contributed by atoms with Crippen LogP contribution in [0.4, 0.5) is 10.6 Å². The van der Waals surface area contributed by atoms with Gasteiger partial charge in [-0.3, -0.25) is 10.1 Å². The summed E-state index contributed by atoms with van der Waals surface area (Å²) in [7, 11) is 0. The largest absolute Gasteiger partial charge is 0.480 e. The smallest absolute Gasteiger partial charge is 0.412 e. The van der Waals surface area contributed by atoms with E-state index in [-0.39, 0.29) is 30.6 Å². The molecule has 0 radical (unpaired) electrons. The Bertz CT molecular complexity index is 1240. The molecule has 0 saturated carbocycles. The third kappa shape index (κ3) is 3.47. The van der Waals surface area contributed by atoms with Crippen molar-refractivity contribution in [3.05, 3.63) is 65.4 Å². The van der Waals surface area contributed by atoms with Crippen molar-refractivity contribution in [2.75, 3.05) is 18.5 Å². The number of hydrogen-bond acceptors (Lipinski definition) is 7. The van der Waals surface area contributed by atoms with Gasteiger partial charge in [0.15, 0.2) is 0 Å². The lowest BCUT2D eigenvalue weighted by molar-refractivity contribution is -0.147. The van der Waals surface area contributed by atoms with Crippen LogP contribution in [0.3, 0.4) is 0 Å². The first-order valence-corrected chi connectivity index (χ1v) is 10.9. The fraction of sp³-hybridized carbons (Fsp3) is 0.292. The number of fused-ring (bicyclic) bond motifs is 3. The molecular formula is C24H22N4O6. The number of aliphatic carboxylic acids is 1. The number of nitrogens with one attached hydrogen (secondary N) is 1. The molecule has 34 heavy (non-hydrogen) atoms. The Hall–Kier alpha value is -4.21. The number of nitrogens with zero attached hydrogens (tertiary/aromatic N) is 3. The molecule has 0 bridgehead atoms. The van der Waals surface area contributed by atoms with E-state index in [1.54, 1.807) is 0 Å².